The highest BCUT2D eigenvalue weighted by Crippen LogP contribution is 2.24. The maximum Gasteiger partial charge on any atom is 0.0412 e. The molecule has 0 saturated carbocycles. The highest BCUT2D eigenvalue weighted by atomic mass is 35.5. The summed E-state index contributed by atoms with van der Waals surface area (Å²) in [6, 6.07) is 17.0. The number of benzene rings is 2. The Hall–Kier alpha value is -1.77. The van der Waals surface area contributed by atoms with Crippen molar-refractivity contribution in [1.29, 1.82) is 0 Å². The minimum Gasteiger partial charge on any atom is -0.390 e. The van der Waals surface area contributed by atoms with Crippen LogP contribution in [0.3, 0.4) is 0 Å². The van der Waals surface area contributed by atoms with Crippen LogP contribution in [0.5, 0.6) is 0 Å². The number of rotatable bonds is 2. The van der Waals surface area contributed by atoms with Crippen molar-refractivity contribution < 1.29 is 0 Å². The van der Waals surface area contributed by atoms with E-state index in [0.717, 1.165) is 31.2 Å². The molecule has 2 aliphatic heterocycles. The summed E-state index contributed by atoms with van der Waals surface area (Å²) in [4.78, 5) is 2.54. The summed E-state index contributed by atoms with van der Waals surface area (Å²) >= 11 is 6.14. The van der Waals surface area contributed by atoms with Gasteiger partial charge in [-0.15, -0.1) is 0 Å². The molecule has 2 aromatic carbocycles. The van der Waals surface area contributed by atoms with Crippen molar-refractivity contribution >= 4 is 23.4 Å². The fourth-order valence-corrected chi connectivity index (χ4v) is 3.75. The zero-order valence-electron chi connectivity index (χ0n) is 12.4. The van der Waals surface area contributed by atoms with E-state index in [1.807, 2.05) is 6.07 Å². The number of fused-ring (bicyclic) bond motifs is 2. The topological polar surface area (TPSA) is 15.3 Å². The Kier molecular flexibility index (Phi) is 3.65. The molecule has 0 aromatic heterocycles. The van der Waals surface area contributed by atoms with Gasteiger partial charge in [-0.2, -0.15) is 0 Å². The van der Waals surface area contributed by atoms with Gasteiger partial charge >= 0.3 is 0 Å². The van der Waals surface area contributed by atoms with Crippen LogP contribution in [0, 0.1) is 5.92 Å². The summed E-state index contributed by atoms with van der Waals surface area (Å²) in [5.74, 6) is 0.586. The number of likely N-dealkylation sites (tertiary alicyclic amines) is 1. The Labute approximate surface area is 135 Å². The molecule has 3 heteroatoms. The van der Waals surface area contributed by atoms with Gasteiger partial charge in [0.25, 0.3) is 0 Å². The first-order chi connectivity index (χ1) is 10.8. The average molecular weight is 311 g/mol. The molecular formula is C19H19ClN2. The van der Waals surface area contributed by atoms with Crippen molar-refractivity contribution in [2.45, 2.75) is 6.54 Å². The lowest BCUT2D eigenvalue weighted by Gasteiger charge is -2.15. The molecule has 1 unspecified atom stereocenters. The monoisotopic (exact) mass is 310 g/mol. The predicted molar refractivity (Wildman–Crippen MR) is 91.8 cm³/mol. The minimum absolute atomic E-state index is 0.586. The van der Waals surface area contributed by atoms with Gasteiger partial charge in [0.05, 0.1) is 0 Å². The fourth-order valence-electron chi connectivity index (χ4n) is 3.57. The minimum atomic E-state index is 0.586. The summed E-state index contributed by atoms with van der Waals surface area (Å²) < 4.78 is 0. The standard InChI is InChI=1S/C19H19ClN2/c20-17-6-7-18-15(8-17)9-21-10-16-12-22(13-19(16)18)11-14-4-2-1-3-5-14/h1-9,16,21H,10-13H2. The van der Waals surface area contributed by atoms with Crippen LogP contribution in [-0.4, -0.2) is 24.5 Å². The van der Waals surface area contributed by atoms with Gasteiger partial charge in [0.1, 0.15) is 0 Å². The molecule has 2 aliphatic rings. The fraction of sp³-hybridized carbons (Fsp3) is 0.263. The van der Waals surface area contributed by atoms with E-state index in [1.54, 1.807) is 5.57 Å². The number of nitrogens with one attached hydrogen (secondary N) is 1. The van der Waals surface area contributed by atoms with Crippen LogP contribution in [-0.2, 0) is 6.54 Å². The van der Waals surface area contributed by atoms with Crippen molar-refractivity contribution in [3.63, 3.8) is 0 Å². The second-order valence-electron chi connectivity index (χ2n) is 6.16. The molecule has 0 aliphatic carbocycles. The molecule has 1 N–H and O–H groups in total. The maximum atomic E-state index is 6.14. The lowest BCUT2D eigenvalue weighted by atomic mass is 10.0. The van der Waals surface area contributed by atoms with E-state index in [9.17, 15) is 0 Å². The van der Waals surface area contributed by atoms with Crippen molar-refractivity contribution in [2.75, 3.05) is 19.6 Å². The first kappa shape index (κ1) is 13.9. The molecule has 4 rings (SSSR count). The predicted octanol–water partition coefficient (Wildman–Crippen LogP) is 1.96. The average Bonchev–Trinajstić information content (AvgIpc) is 2.83. The van der Waals surface area contributed by atoms with E-state index >= 15 is 0 Å². The van der Waals surface area contributed by atoms with Crippen molar-refractivity contribution in [1.82, 2.24) is 10.2 Å². The van der Waals surface area contributed by atoms with E-state index in [-0.39, 0.29) is 0 Å². The third-order valence-electron chi connectivity index (χ3n) is 4.60. The summed E-state index contributed by atoms with van der Waals surface area (Å²) in [5, 5.41) is 6.83. The molecule has 1 saturated heterocycles. The van der Waals surface area contributed by atoms with Crippen molar-refractivity contribution in [3.8, 4) is 0 Å². The van der Waals surface area contributed by atoms with Gasteiger partial charge in [0, 0.05) is 43.3 Å². The third kappa shape index (κ3) is 2.65. The molecule has 2 nitrogen and oxygen atoms in total. The first-order valence-corrected chi connectivity index (χ1v) is 8.16. The van der Waals surface area contributed by atoms with Crippen LogP contribution in [0.25, 0.3) is 11.8 Å². The van der Waals surface area contributed by atoms with E-state index in [0.29, 0.717) is 5.92 Å². The van der Waals surface area contributed by atoms with Crippen molar-refractivity contribution in [2.24, 2.45) is 5.92 Å². The molecule has 0 spiro atoms. The van der Waals surface area contributed by atoms with Gasteiger partial charge in [-0.1, -0.05) is 48.0 Å². The number of hydrogen-bond donors (Lipinski definition) is 1. The maximum absolute atomic E-state index is 6.14. The van der Waals surface area contributed by atoms with Gasteiger partial charge in [-0.3, -0.25) is 4.90 Å². The first-order valence-electron chi connectivity index (χ1n) is 7.78. The molecule has 112 valence electrons. The van der Waals surface area contributed by atoms with E-state index in [2.05, 4.69) is 58.9 Å². The summed E-state index contributed by atoms with van der Waals surface area (Å²) in [5.41, 5.74) is 2.93. The number of nitrogens with zero attached hydrogens (tertiary/aromatic N) is 1. The normalized spacial score (nSPS) is 20.6. The Morgan fingerprint density at radius 3 is 2.86 bits per heavy atom. The van der Waals surface area contributed by atoms with Gasteiger partial charge < -0.3 is 5.32 Å². The van der Waals surface area contributed by atoms with E-state index in [1.165, 1.54) is 16.0 Å². The Balaban J connectivity index is 1.69. The van der Waals surface area contributed by atoms with Crippen LogP contribution in [0.2, 0.25) is 5.02 Å². The Morgan fingerprint density at radius 2 is 2.00 bits per heavy atom. The quantitative estimate of drug-likeness (QED) is 0.912. The summed E-state index contributed by atoms with van der Waals surface area (Å²) in [7, 11) is 0. The van der Waals surface area contributed by atoms with Crippen LogP contribution in [0.1, 0.15) is 5.56 Å². The molecule has 0 amide bonds. The molecule has 1 atom stereocenters. The zero-order valence-corrected chi connectivity index (χ0v) is 13.2. The van der Waals surface area contributed by atoms with Gasteiger partial charge in [0.15, 0.2) is 0 Å². The Bertz CT molecular complexity index is 798. The van der Waals surface area contributed by atoms with Crippen molar-refractivity contribution in [3.05, 3.63) is 69.6 Å². The van der Waals surface area contributed by atoms with Crippen LogP contribution >= 0.6 is 11.6 Å². The van der Waals surface area contributed by atoms with Gasteiger partial charge in [-0.25, -0.2) is 0 Å². The highest BCUT2D eigenvalue weighted by molar-refractivity contribution is 6.30. The SMILES string of the molecule is Clc1ccc2c(c1)=CNCC1CN(Cc3ccccc3)CC=21. The molecule has 0 bridgehead atoms. The lowest BCUT2D eigenvalue weighted by Crippen LogP contribution is -2.29. The zero-order chi connectivity index (χ0) is 14.9. The summed E-state index contributed by atoms with van der Waals surface area (Å²) in [6.07, 6.45) is 2.11. The molecule has 22 heavy (non-hydrogen) atoms. The second kappa shape index (κ2) is 5.79. The molecular weight excluding hydrogens is 292 g/mol. The van der Waals surface area contributed by atoms with Gasteiger partial charge in [0.2, 0.25) is 0 Å². The molecule has 0 radical (unpaired) electrons. The largest absolute Gasteiger partial charge is 0.390 e. The molecule has 2 heterocycles. The van der Waals surface area contributed by atoms with Crippen LogP contribution < -0.4 is 15.8 Å². The highest BCUT2D eigenvalue weighted by Gasteiger charge is 2.28. The van der Waals surface area contributed by atoms with E-state index in [4.69, 9.17) is 11.6 Å². The second-order valence-corrected chi connectivity index (χ2v) is 6.60. The van der Waals surface area contributed by atoms with Crippen LogP contribution in [0.15, 0.2) is 48.5 Å². The van der Waals surface area contributed by atoms with Gasteiger partial charge in [-0.05, 0) is 33.7 Å². The molecule has 1 fully saturated rings. The summed E-state index contributed by atoms with van der Waals surface area (Å²) in [6.45, 7) is 4.19. The molecule has 2 aromatic rings. The third-order valence-corrected chi connectivity index (χ3v) is 4.83. The smallest absolute Gasteiger partial charge is 0.0412 e. The number of hydrogen-bond acceptors (Lipinski definition) is 2. The van der Waals surface area contributed by atoms with E-state index < -0.39 is 0 Å². The lowest BCUT2D eigenvalue weighted by molar-refractivity contribution is 0.317. The number of halogens is 1. The Morgan fingerprint density at radius 1 is 1.14 bits per heavy atom. The van der Waals surface area contributed by atoms with Crippen LogP contribution in [0.4, 0.5) is 0 Å².